The van der Waals surface area contributed by atoms with Gasteiger partial charge in [-0.05, 0) is 38.8 Å². The summed E-state index contributed by atoms with van der Waals surface area (Å²) in [7, 11) is 0. The number of aryl methyl sites for hydroxylation is 1. The van der Waals surface area contributed by atoms with E-state index < -0.39 is 0 Å². The molecule has 156 valence electrons. The molecule has 1 aliphatic heterocycles. The van der Waals surface area contributed by atoms with Gasteiger partial charge in [0.15, 0.2) is 11.6 Å². The molecule has 1 saturated heterocycles. The number of hydrogen-bond acceptors (Lipinski definition) is 8. The van der Waals surface area contributed by atoms with Gasteiger partial charge in [0.1, 0.15) is 12.0 Å². The zero-order valence-corrected chi connectivity index (χ0v) is 17.3. The van der Waals surface area contributed by atoms with Gasteiger partial charge in [-0.25, -0.2) is 9.97 Å². The molecule has 0 atom stereocenters. The van der Waals surface area contributed by atoms with Gasteiger partial charge in [0, 0.05) is 24.2 Å². The lowest BCUT2D eigenvalue weighted by molar-refractivity contribution is -0.148. The lowest BCUT2D eigenvalue weighted by Gasteiger charge is -2.32. The van der Waals surface area contributed by atoms with E-state index in [1.54, 1.807) is 0 Å². The molecule has 1 aliphatic rings. The van der Waals surface area contributed by atoms with Crippen LogP contribution in [0, 0.1) is 12.8 Å². The number of anilines is 4. The van der Waals surface area contributed by atoms with E-state index in [2.05, 4.69) is 25.2 Å². The monoisotopic (exact) mass is 406 g/mol. The van der Waals surface area contributed by atoms with Crippen molar-refractivity contribution >= 4 is 39.9 Å². The Morgan fingerprint density at radius 3 is 2.80 bits per heavy atom. The lowest BCUT2D eigenvalue weighted by Crippen LogP contribution is -2.37. The molecule has 1 aromatic carbocycles. The molecular weight excluding hydrogens is 380 g/mol. The Hall–Kier alpha value is -3.42. The molecule has 1 fully saturated rings. The third-order valence-corrected chi connectivity index (χ3v) is 5.39. The van der Waals surface area contributed by atoms with Gasteiger partial charge >= 0.3 is 5.97 Å². The second-order valence-corrected chi connectivity index (χ2v) is 7.43. The first kappa shape index (κ1) is 19.9. The van der Waals surface area contributed by atoms with Gasteiger partial charge in [0.05, 0.1) is 23.7 Å². The summed E-state index contributed by atoms with van der Waals surface area (Å²) >= 11 is 0. The van der Waals surface area contributed by atoms with Crippen molar-refractivity contribution in [3.8, 4) is 0 Å². The average Bonchev–Trinajstić information content (AvgIpc) is 2.76. The van der Waals surface area contributed by atoms with Gasteiger partial charge in [-0.3, -0.25) is 9.78 Å². The summed E-state index contributed by atoms with van der Waals surface area (Å²) in [5, 5.41) is 4.37. The number of fused-ring (bicyclic) bond motifs is 1. The van der Waals surface area contributed by atoms with Crippen LogP contribution in [0.5, 0.6) is 0 Å². The van der Waals surface area contributed by atoms with E-state index in [-0.39, 0.29) is 11.9 Å². The second kappa shape index (κ2) is 8.52. The molecule has 3 heterocycles. The third kappa shape index (κ3) is 3.98. The summed E-state index contributed by atoms with van der Waals surface area (Å²) in [6, 6.07) is 9.99. The van der Waals surface area contributed by atoms with Crippen molar-refractivity contribution in [1.82, 2.24) is 15.0 Å². The van der Waals surface area contributed by atoms with Gasteiger partial charge in [0.25, 0.3) is 0 Å². The maximum absolute atomic E-state index is 12.0. The van der Waals surface area contributed by atoms with Crippen LogP contribution in [0.2, 0.25) is 0 Å². The highest BCUT2D eigenvalue weighted by molar-refractivity contribution is 5.93. The Bertz CT molecular complexity index is 1060. The number of para-hydroxylation sites is 1. The smallest absolute Gasteiger partial charge is 0.309 e. The Balaban J connectivity index is 1.55. The summed E-state index contributed by atoms with van der Waals surface area (Å²) in [5.41, 5.74) is 9.57. The number of carbonyl (C=O) groups excluding carboxylic acids is 1. The van der Waals surface area contributed by atoms with Crippen LogP contribution in [0.4, 0.5) is 23.0 Å². The number of aromatic nitrogens is 3. The van der Waals surface area contributed by atoms with Gasteiger partial charge < -0.3 is 20.7 Å². The third-order valence-electron chi connectivity index (χ3n) is 5.39. The van der Waals surface area contributed by atoms with E-state index in [0.717, 1.165) is 35.1 Å². The molecule has 0 unspecified atom stereocenters. The van der Waals surface area contributed by atoms with Crippen LogP contribution >= 0.6 is 0 Å². The van der Waals surface area contributed by atoms with E-state index >= 15 is 0 Å². The number of nitrogen functional groups attached to an aromatic ring is 1. The summed E-state index contributed by atoms with van der Waals surface area (Å²) in [6.07, 6.45) is 2.95. The molecule has 8 nitrogen and oxygen atoms in total. The minimum Gasteiger partial charge on any atom is -0.466 e. The number of benzene rings is 1. The lowest BCUT2D eigenvalue weighted by atomic mass is 9.97. The Morgan fingerprint density at radius 2 is 2.03 bits per heavy atom. The van der Waals surface area contributed by atoms with Crippen LogP contribution in [0.25, 0.3) is 10.9 Å². The number of rotatable bonds is 5. The number of carbonyl (C=O) groups is 1. The number of nitrogens with zero attached hydrogens (tertiary/aromatic N) is 4. The molecule has 0 radical (unpaired) electrons. The highest BCUT2D eigenvalue weighted by Crippen LogP contribution is 2.33. The SMILES string of the molecule is CCOC(=O)C1CCN(c2ncnc(Nc3cccc4ccc(C)nc34)c2N)CC1. The molecule has 0 spiro atoms. The fraction of sp³-hybridized carbons (Fsp3) is 0.364. The number of hydrogen-bond donors (Lipinski definition) is 2. The van der Waals surface area contributed by atoms with Crippen LogP contribution in [0.15, 0.2) is 36.7 Å². The van der Waals surface area contributed by atoms with Gasteiger partial charge in [-0.15, -0.1) is 0 Å². The van der Waals surface area contributed by atoms with Crippen molar-refractivity contribution in [3.63, 3.8) is 0 Å². The van der Waals surface area contributed by atoms with E-state index in [0.29, 0.717) is 37.0 Å². The van der Waals surface area contributed by atoms with Crippen molar-refractivity contribution in [2.24, 2.45) is 5.92 Å². The summed E-state index contributed by atoms with van der Waals surface area (Å²) in [5.74, 6) is 1.04. The molecule has 0 bridgehead atoms. The maximum Gasteiger partial charge on any atom is 0.309 e. The van der Waals surface area contributed by atoms with Crippen molar-refractivity contribution in [1.29, 1.82) is 0 Å². The van der Waals surface area contributed by atoms with Crippen LogP contribution in [-0.2, 0) is 9.53 Å². The molecule has 3 N–H and O–H groups in total. The highest BCUT2D eigenvalue weighted by Gasteiger charge is 2.28. The van der Waals surface area contributed by atoms with E-state index in [9.17, 15) is 4.79 Å². The number of piperidine rings is 1. The minimum absolute atomic E-state index is 0.0631. The van der Waals surface area contributed by atoms with E-state index in [1.807, 2.05) is 44.2 Å². The Labute approximate surface area is 175 Å². The Kier molecular flexibility index (Phi) is 5.65. The maximum atomic E-state index is 12.0. The first-order valence-corrected chi connectivity index (χ1v) is 10.2. The van der Waals surface area contributed by atoms with E-state index in [4.69, 9.17) is 10.5 Å². The molecule has 0 aliphatic carbocycles. The molecular formula is C22H26N6O2. The summed E-state index contributed by atoms with van der Waals surface area (Å²) in [4.78, 5) is 27.5. The predicted octanol–water partition coefficient (Wildman–Crippen LogP) is 3.44. The zero-order chi connectivity index (χ0) is 21.1. The van der Waals surface area contributed by atoms with Gasteiger partial charge in [-0.1, -0.05) is 18.2 Å². The summed E-state index contributed by atoms with van der Waals surface area (Å²) in [6.45, 7) is 5.59. The largest absolute Gasteiger partial charge is 0.466 e. The number of pyridine rings is 1. The molecule has 8 heteroatoms. The second-order valence-electron chi connectivity index (χ2n) is 7.43. The fourth-order valence-electron chi connectivity index (χ4n) is 3.80. The minimum atomic E-state index is -0.117. The molecule has 4 rings (SSSR count). The normalized spacial score (nSPS) is 14.7. The molecule has 2 aromatic heterocycles. The van der Waals surface area contributed by atoms with Crippen molar-refractivity contribution in [3.05, 3.63) is 42.4 Å². The van der Waals surface area contributed by atoms with Gasteiger partial charge in [-0.2, -0.15) is 0 Å². The number of nitrogens with one attached hydrogen (secondary N) is 1. The zero-order valence-electron chi connectivity index (χ0n) is 17.3. The Morgan fingerprint density at radius 1 is 1.23 bits per heavy atom. The molecule has 0 saturated carbocycles. The van der Waals surface area contributed by atoms with Crippen LogP contribution < -0.4 is 16.0 Å². The number of esters is 1. The first-order chi connectivity index (χ1) is 14.6. The number of ether oxygens (including phenoxy) is 1. The standard InChI is InChI=1S/C22H26N6O2/c1-3-30-22(29)16-9-11-28(12-10-16)21-18(23)20(24-13-25-21)27-17-6-4-5-15-8-7-14(2)26-19(15)17/h4-8,13,16H,3,9-12,23H2,1-2H3,(H,24,25,27). The van der Waals surface area contributed by atoms with Crippen LogP contribution in [0.1, 0.15) is 25.5 Å². The van der Waals surface area contributed by atoms with Crippen LogP contribution in [-0.4, -0.2) is 40.6 Å². The first-order valence-electron chi connectivity index (χ1n) is 10.2. The number of nitrogens with two attached hydrogens (primary N) is 1. The van der Waals surface area contributed by atoms with Gasteiger partial charge in [0.2, 0.25) is 0 Å². The van der Waals surface area contributed by atoms with Crippen molar-refractivity contribution < 1.29 is 9.53 Å². The summed E-state index contributed by atoms with van der Waals surface area (Å²) < 4.78 is 5.15. The molecule has 3 aromatic rings. The molecule has 30 heavy (non-hydrogen) atoms. The average molecular weight is 406 g/mol. The topological polar surface area (TPSA) is 106 Å². The molecule has 0 amide bonds. The quantitative estimate of drug-likeness (QED) is 0.621. The van der Waals surface area contributed by atoms with Crippen molar-refractivity contribution in [2.45, 2.75) is 26.7 Å². The van der Waals surface area contributed by atoms with E-state index in [1.165, 1.54) is 6.33 Å². The highest BCUT2D eigenvalue weighted by atomic mass is 16.5. The van der Waals surface area contributed by atoms with Crippen molar-refractivity contribution in [2.75, 3.05) is 35.6 Å². The predicted molar refractivity (Wildman–Crippen MR) is 118 cm³/mol. The fourth-order valence-corrected chi connectivity index (χ4v) is 3.80. The van der Waals surface area contributed by atoms with Crippen LogP contribution in [0.3, 0.4) is 0 Å².